The third-order valence-electron chi connectivity index (χ3n) is 6.82. The molecular formula is C27H30N4O. The zero-order valence-corrected chi connectivity index (χ0v) is 18.2. The number of piperidine rings is 1. The summed E-state index contributed by atoms with van der Waals surface area (Å²) in [6, 6.07) is 27.4. The molecule has 2 aromatic carbocycles. The fraction of sp³-hybridized carbons (Fsp3) is 0.333. The molecule has 1 aromatic heterocycles. The molecule has 2 N–H and O–H groups in total. The first-order valence-electron chi connectivity index (χ1n) is 11.6. The van der Waals surface area contributed by atoms with E-state index in [4.69, 9.17) is 0 Å². The lowest BCUT2D eigenvalue weighted by Gasteiger charge is -2.39. The molecule has 2 amide bonds. The van der Waals surface area contributed by atoms with Crippen molar-refractivity contribution in [2.45, 2.75) is 56.4 Å². The first kappa shape index (κ1) is 20.7. The summed E-state index contributed by atoms with van der Waals surface area (Å²) in [7, 11) is 0. The monoisotopic (exact) mass is 426 g/mol. The molecule has 2 aliphatic heterocycles. The van der Waals surface area contributed by atoms with Crippen molar-refractivity contribution in [3.05, 3.63) is 102 Å². The molecule has 5 nitrogen and oxygen atoms in total. The van der Waals surface area contributed by atoms with E-state index in [-0.39, 0.29) is 18.1 Å². The third kappa shape index (κ3) is 4.68. The fourth-order valence-electron chi connectivity index (χ4n) is 5.32. The van der Waals surface area contributed by atoms with Crippen LogP contribution in [0.2, 0.25) is 0 Å². The Labute approximate surface area is 189 Å². The maximum atomic E-state index is 13.0. The van der Waals surface area contributed by atoms with Gasteiger partial charge in [-0.25, -0.2) is 4.79 Å². The van der Waals surface area contributed by atoms with Gasteiger partial charge in [0.25, 0.3) is 0 Å². The summed E-state index contributed by atoms with van der Waals surface area (Å²) in [6.45, 7) is 1.00. The largest absolute Gasteiger partial charge is 0.335 e. The van der Waals surface area contributed by atoms with Crippen molar-refractivity contribution in [3.8, 4) is 0 Å². The normalized spacial score (nSPS) is 23.4. The van der Waals surface area contributed by atoms with Crippen molar-refractivity contribution in [1.82, 2.24) is 20.5 Å². The van der Waals surface area contributed by atoms with Crippen molar-refractivity contribution in [3.63, 3.8) is 0 Å². The predicted molar refractivity (Wildman–Crippen MR) is 126 cm³/mol. The van der Waals surface area contributed by atoms with Gasteiger partial charge in [0, 0.05) is 30.9 Å². The lowest BCUT2D eigenvalue weighted by molar-refractivity contribution is 0.111. The van der Waals surface area contributed by atoms with Crippen molar-refractivity contribution in [2.75, 3.05) is 0 Å². The Balaban J connectivity index is 1.22. The van der Waals surface area contributed by atoms with Gasteiger partial charge in [0.1, 0.15) is 0 Å². The number of aromatic nitrogens is 1. The van der Waals surface area contributed by atoms with Crippen LogP contribution in [0.5, 0.6) is 0 Å². The van der Waals surface area contributed by atoms with Crippen LogP contribution in [0.15, 0.2) is 85.1 Å². The lowest BCUT2D eigenvalue weighted by atomic mass is 9.96. The zero-order valence-electron chi connectivity index (χ0n) is 18.2. The van der Waals surface area contributed by atoms with Gasteiger partial charge in [0.2, 0.25) is 0 Å². The SMILES string of the molecule is O=C(NC1CC2CCC(C1)N2Cc1ccccc1)NC(c1ccccc1)c1ccccn1. The van der Waals surface area contributed by atoms with Gasteiger partial charge < -0.3 is 10.6 Å². The minimum absolute atomic E-state index is 0.120. The fourth-order valence-corrected chi connectivity index (χ4v) is 5.32. The van der Waals surface area contributed by atoms with E-state index in [9.17, 15) is 4.79 Å². The summed E-state index contributed by atoms with van der Waals surface area (Å²) in [5.74, 6) is 0. The van der Waals surface area contributed by atoms with E-state index in [1.54, 1.807) is 6.20 Å². The topological polar surface area (TPSA) is 57.3 Å². The molecule has 2 fully saturated rings. The van der Waals surface area contributed by atoms with Crippen molar-refractivity contribution in [2.24, 2.45) is 0 Å². The summed E-state index contributed by atoms with van der Waals surface area (Å²) in [5, 5.41) is 6.44. The highest BCUT2D eigenvalue weighted by molar-refractivity contribution is 5.75. The van der Waals surface area contributed by atoms with E-state index in [0.717, 1.165) is 30.6 Å². The van der Waals surface area contributed by atoms with Crippen LogP contribution in [0.3, 0.4) is 0 Å². The molecule has 32 heavy (non-hydrogen) atoms. The Morgan fingerprint density at radius 3 is 2.22 bits per heavy atom. The summed E-state index contributed by atoms with van der Waals surface area (Å²) >= 11 is 0. The number of pyridine rings is 1. The number of carbonyl (C=O) groups excluding carboxylic acids is 1. The van der Waals surface area contributed by atoms with Gasteiger partial charge in [0.05, 0.1) is 11.7 Å². The molecule has 2 aliphatic rings. The van der Waals surface area contributed by atoms with Crippen LogP contribution < -0.4 is 10.6 Å². The summed E-state index contributed by atoms with van der Waals surface area (Å²) in [6.07, 6.45) is 6.23. The quantitative estimate of drug-likeness (QED) is 0.602. The number of carbonyl (C=O) groups is 1. The van der Waals surface area contributed by atoms with Crippen LogP contribution in [-0.2, 0) is 6.54 Å². The molecule has 3 unspecified atom stereocenters. The second-order valence-electron chi connectivity index (χ2n) is 8.93. The molecule has 5 heteroatoms. The van der Waals surface area contributed by atoms with Crippen molar-refractivity contribution >= 4 is 6.03 Å². The number of fused-ring (bicyclic) bond motifs is 2. The van der Waals surface area contributed by atoms with E-state index >= 15 is 0 Å². The second kappa shape index (κ2) is 9.53. The highest BCUT2D eigenvalue weighted by Gasteiger charge is 2.41. The van der Waals surface area contributed by atoms with Gasteiger partial charge in [-0.15, -0.1) is 0 Å². The minimum Gasteiger partial charge on any atom is -0.335 e. The standard InChI is InChI=1S/C27H30N4O/c32-27(30-26(21-11-5-2-6-12-21)25-13-7-8-16-28-25)29-22-17-23-14-15-24(18-22)31(23)19-20-9-3-1-4-10-20/h1-13,16,22-24,26H,14-15,17-19H2,(H2,29,30,32). The molecule has 2 saturated heterocycles. The van der Waals surface area contributed by atoms with Gasteiger partial charge in [-0.05, 0) is 48.9 Å². The van der Waals surface area contributed by atoms with Gasteiger partial charge in [-0.2, -0.15) is 0 Å². The molecule has 2 bridgehead atoms. The van der Waals surface area contributed by atoms with Crippen molar-refractivity contribution < 1.29 is 4.79 Å². The third-order valence-corrected chi connectivity index (χ3v) is 6.82. The van der Waals surface area contributed by atoms with Crippen LogP contribution in [-0.4, -0.2) is 34.0 Å². The van der Waals surface area contributed by atoms with E-state index in [1.165, 1.54) is 18.4 Å². The average Bonchev–Trinajstić information content (AvgIpc) is 3.06. The molecule has 0 spiro atoms. The maximum absolute atomic E-state index is 13.0. The number of nitrogens with one attached hydrogen (secondary N) is 2. The van der Waals surface area contributed by atoms with Gasteiger partial charge in [-0.1, -0.05) is 66.7 Å². The molecule has 5 rings (SSSR count). The average molecular weight is 427 g/mol. The summed E-state index contributed by atoms with van der Waals surface area (Å²) < 4.78 is 0. The van der Waals surface area contributed by atoms with Crippen LogP contribution >= 0.6 is 0 Å². The van der Waals surface area contributed by atoms with E-state index in [0.29, 0.717) is 12.1 Å². The van der Waals surface area contributed by atoms with Gasteiger partial charge in [0.15, 0.2) is 0 Å². The van der Waals surface area contributed by atoms with Crippen molar-refractivity contribution in [1.29, 1.82) is 0 Å². The van der Waals surface area contributed by atoms with Crippen LogP contribution in [0, 0.1) is 0 Å². The van der Waals surface area contributed by atoms with Gasteiger partial charge >= 0.3 is 6.03 Å². The predicted octanol–water partition coefficient (Wildman–Crippen LogP) is 4.67. The maximum Gasteiger partial charge on any atom is 0.315 e. The summed E-state index contributed by atoms with van der Waals surface area (Å²) in [5.41, 5.74) is 3.24. The number of urea groups is 1. The highest BCUT2D eigenvalue weighted by Crippen LogP contribution is 2.36. The number of amides is 2. The second-order valence-corrected chi connectivity index (χ2v) is 8.93. The first-order chi connectivity index (χ1) is 15.8. The number of hydrogen-bond donors (Lipinski definition) is 2. The zero-order chi connectivity index (χ0) is 21.8. The molecule has 3 aromatic rings. The van der Waals surface area contributed by atoms with E-state index in [1.807, 2.05) is 48.5 Å². The molecule has 3 heterocycles. The Kier molecular flexibility index (Phi) is 6.17. The molecule has 0 aliphatic carbocycles. The van der Waals surface area contributed by atoms with Crippen LogP contribution in [0.25, 0.3) is 0 Å². The molecule has 164 valence electrons. The number of benzene rings is 2. The summed E-state index contributed by atoms with van der Waals surface area (Å²) in [4.78, 5) is 20.1. The molecule has 0 saturated carbocycles. The molecule has 3 atom stereocenters. The van der Waals surface area contributed by atoms with E-state index < -0.39 is 0 Å². The number of rotatable bonds is 6. The van der Waals surface area contributed by atoms with Crippen LogP contribution in [0.1, 0.15) is 48.5 Å². The first-order valence-corrected chi connectivity index (χ1v) is 11.6. The Morgan fingerprint density at radius 2 is 1.56 bits per heavy atom. The number of nitrogens with zero attached hydrogens (tertiary/aromatic N) is 2. The molecular weight excluding hydrogens is 396 g/mol. The van der Waals surface area contributed by atoms with E-state index in [2.05, 4.69) is 50.8 Å². The van der Waals surface area contributed by atoms with Gasteiger partial charge in [-0.3, -0.25) is 9.88 Å². The lowest BCUT2D eigenvalue weighted by Crippen LogP contribution is -2.52. The smallest absolute Gasteiger partial charge is 0.315 e. The Bertz CT molecular complexity index is 958. The minimum atomic E-state index is -0.271. The Hall–Kier alpha value is -3.18. The number of hydrogen-bond acceptors (Lipinski definition) is 3. The Morgan fingerprint density at radius 1 is 0.906 bits per heavy atom. The highest BCUT2D eigenvalue weighted by atomic mass is 16.2. The van der Waals surface area contributed by atoms with Crippen LogP contribution in [0.4, 0.5) is 4.79 Å². The molecule has 0 radical (unpaired) electrons.